The van der Waals surface area contributed by atoms with Crippen LogP contribution in [0.5, 0.6) is 0 Å². The van der Waals surface area contributed by atoms with Crippen molar-refractivity contribution in [1.29, 1.82) is 0 Å². The first-order chi connectivity index (χ1) is 9.78. The topological polar surface area (TPSA) is 59.0 Å². The molecule has 1 aromatic carbocycles. The van der Waals surface area contributed by atoms with E-state index < -0.39 is 0 Å². The average molecular weight is 272 g/mol. The van der Waals surface area contributed by atoms with E-state index in [2.05, 4.69) is 33.2 Å². The molecule has 0 bridgehead atoms. The lowest BCUT2D eigenvalue weighted by atomic mass is 10.2. The maximum absolute atomic E-state index is 11.1. The molecular weight excluding hydrogens is 252 g/mol. The van der Waals surface area contributed by atoms with Crippen LogP contribution in [0, 0.1) is 0 Å². The van der Waals surface area contributed by atoms with Crippen LogP contribution in [0.3, 0.4) is 0 Å². The van der Waals surface area contributed by atoms with Crippen molar-refractivity contribution in [1.82, 2.24) is 20.2 Å². The fraction of sp³-hybridized carbons (Fsp3) is 0.467. The van der Waals surface area contributed by atoms with Crippen LogP contribution < -0.4 is 10.6 Å². The number of aromatic nitrogens is 2. The molecule has 1 saturated heterocycles. The number of hydrogen-bond donors (Lipinski definition) is 2. The minimum atomic E-state index is 0.164. The summed E-state index contributed by atoms with van der Waals surface area (Å²) < 4.78 is 2.23. The minimum absolute atomic E-state index is 0.164. The standard InChI is InChI=1S/C15H20N4O/c1-2-19-13-6-4-3-5-12(13)18-14(19)10-16-9-11-7-8-15(20)17-11/h3-6,11,16H,2,7-10H2,1H3,(H,17,20). The van der Waals surface area contributed by atoms with Crippen molar-refractivity contribution in [3.8, 4) is 0 Å². The first kappa shape index (κ1) is 13.1. The summed E-state index contributed by atoms with van der Waals surface area (Å²) >= 11 is 0. The van der Waals surface area contributed by atoms with Crippen LogP contribution in [0.4, 0.5) is 0 Å². The summed E-state index contributed by atoms with van der Waals surface area (Å²) in [7, 11) is 0. The van der Waals surface area contributed by atoms with Gasteiger partial charge >= 0.3 is 0 Å². The van der Waals surface area contributed by atoms with Crippen LogP contribution in [0.15, 0.2) is 24.3 Å². The number of aryl methyl sites for hydroxylation is 1. The molecule has 1 aliphatic rings. The Bertz CT molecular complexity index is 619. The highest BCUT2D eigenvalue weighted by molar-refractivity contribution is 5.78. The van der Waals surface area contributed by atoms with Gasteiger partial charge in [-0.2, -0.15) is 0 Å². The second-order valence-corrected chi connectivity index (χ2v) is 5.20. The van der Waals surface area contributed by atoms with Crippen LogP contribution in [0.1, 0.15) is 25.6 Å². The van der Waals surface area contributed by atoms with E-state index in [0.29, 0.717) is 6.42 Å². The molecule has 1 amide bonds. The van der Waals surface area contributed by atoms with Crippen LogP contribution >= 0.6 is 0 Å². The highest BCUT2D eigenvalue weighted by Crippen LogP contribution is 2.15. The van der Waals surface area contributed by atoms with Gasteiger partial charge in [0.15, 0.2) is 0 Å². The monoisotopic (exact) mass is 272 g/mol. The van der Waals surface area contributed by atoms with Gasteiger partial charge in [-0.05, 0) is 25.5 Å². The number of para-hydroxylation sites is 2. The summed E-state index contributed by atoms with van der Waals surface area (Å²) in [5.74, 6) is 1.22. The third-order valence-corrected chi connectivity index (χ3v) is 3.81. The molecule has 1 unspecified atom stereocenters. The van der Waals surface area contributed by atoms with E-state index in [0.717, 1.165) is 37.4 Å². The van der Waals surface area contributed by atoms with E-state index in [1.165, 1.54) is 5.52 Å². The van der Waals surface area contributed by atoms with E-state index >= 15 is 0 Å². The number of fused-ring (bicyclic) bond motifs is 1. The highest BCUT2D eigenvalue weighted by Gasteiger charge is 2.20. The molecule has 106 valence electrons. The number of nitrogens with one attached hydrogen (secondary N) is 2. The molecule has 0 spiro atoms. The molecule has 0 radical (unpaired) electrons. The van der Waals surface area contributed by atoms with Gasteiger partial charge in [0.25, 0.3) is 0 Å². The van der Waals surface area contributed by atoms with Gasteiger partial charge in [0.2, 0.25) is 5.91 Å². The van der Waals surface area contributed by atoms with Gasteiger partial charge in [-0.1, -0.05) is 12.1 Å². The summed E-state index contributed by atoms with van der Waals surface area (Å²) in [5.41, 5.74) is 2.22. The third-order valence-electron chi connectivity index (χ3n) is 3.81. The zero-order chi connectivity index (χ0) is 13.9. The SMILES string of the molecule is CCn1c(CNCC2CCC(=O)N2)nc2ccccc21. The Balaban J connectivity index is 1.66. The van der Waals surface area contributed by atoms with Gasteiger partial charge in [-0.3, -0.25) is 4.79 Å². The maximum Gasteiger partial charge on any atom is 0.220 e. The summed E-state index contributed by atoms with van der Waals surface area (Å²) in [5, 5.41) is 6.37. The number of carbonyl (C=O) groups excluding carboxylic acids is 1. The number of imidazole rings is 1. The number of amides is 1. The fourth-order valence-electron chi connectivity index (χ4n) is 2.80. The van der Waals surface area contributed by atoms with E-state index in [9.17, 15) is 4.79 Å². The molecule has 5 nitrogen and oxygen atoms in total. The van der Waals surface area contributed by atoms with Crippen LogP contribution in [0.25, 0.3) is 11.0 Å². The van der Waals surface area contributed by atoms with Crippen molar-refractivity contribution in [2.24, 2.45) is 0 Å². The predicted molar refractivity (Wildman–Crippen MR) is 78.3 cm³/mol. The maximum atomic E-state index is 11.1. The lowest BCUT2D eigenvalue weighted by Gasteiger charge is -2.11. The molecule has 20 heavy (non-hydrogen) atoms. The van der Waals surface area contributed by atoms with Gasteiger partial charge < -0.3 is 15.2 Å². The number of benzene rings is 1. The lowest BCUT2D eigenvalue weighted by Crippen LogP contribution is -2.35. The van der Waals surface area contributed by atoms with Crippen molar-refractivity contribution in [2.45, 2.75) is 38.9 Å². The molecule has 2 heterocycles. The Morgan fingerprint density at radius 1 is 1.45 bits per heavy atom. The van der Waals surface area contributed by atoms with E-state index in [1.807, 2.05) is 18.2 Å². The molecule has 0 aliphatic carbocycles. The number of carbonyl (C=O) groups is 1. The third kappa shape index (κ3) is 2.54. The second kappa shape index (κ2) is 5.63. The van der Waals surface area contributed by atoms with Gasteiger partial charge in [-0.25, -0.2) is 4.98 Å². The Kier molecular flexibility index (Phi) is 3.69. The van der Waals surface area contributed by atoms with Crippen LogP contribution in [0.2, 0.25) is 0 Å². The number of hydrogen-bond acceptors (Lipinski definition) is 3. The zero-order valence-electron chi connectivity index (χ0n) is 11.7. The molecule has 2 aromatic rings. The number of nitrogens with zero attached hydrogens (tertiary/aromatic N) is 2. The summed E-state index contributed by atoms with van der Waals surface area (Å²) in [4.78, 5) is 15.8. The summed E-state index contributed by atoms with van der Waals surface area (Å²) in [6.45, 7) is 4.58. The summed E-state index contributed by atoms with van der Waals surface area (Å²) in [6, 6.07) is 8.47. The van der Waals surface area contributed by atoms with E-state index in [4.69, 9.17) is 0 Å². The van der Waals surface area contributed by atoms with Gasteiger partial charge in [-0.15, -0.1) is 0 Å². The van der Waals surface area contributed by atoms with Crippen LogP contribution in [-0.4, -0.2) is 28.0 Å². The Hall–Kier alpha value is -1.88. The molecule has 1 aromatic heterocycles. The highest BCUT2D eigenvalue weighted by atomic mass is 16.1. The van der Waals surface area contributed by atoms with Crippen molar-refractivity contribution in [3.05, 3.63) is 30.1 Å². The average Bonchev–Trinajstić information content (AvgIpc) is 3.02. The molecule has 2 N–H and O–H groups in total. The normalized spacial score (nSPS) is 18.6. The fourth-order valence-corrected chi connectivity index (χ4v) is 2.80. The lowest BCUT2D eigenvalue weighted by molar-refractivity contribution is -0.119. The van der Waals surface area contributed by atoms with Crippen molar-refractivity contribution < 1.29 is 4.79 Å². The first-order valence-corrected chi connectivity index (χ1v) is 7.22. The van der Waals surface area contributed by atoms with E-state index in [1.54, 1.807) is 0 Å². The quantitative estimate of drug-likeness (QED) is 0.865. The van der Waals surface area contributed by atoms with E-state index in [-0.39, 0.29) is 11.9 Å². The molecule has 1 aliphatic heterocycles. The first-order valence-electron chi connectivity index (χ1n) is 7.22. The molecular formula is C15H20N4O. The second-order valence-electron chi connectivity index (χ2n) is 5.20. The molecule has 1 atom stereocenters. The molecule has 1 fully saturated rings. The van der Waals surface area contributed by atoms with Gasteiger partial charge in [0.05, 0.1) is 17.6 Å². The van der Waals surface area contributed by atoms with Crippen molar-refractivity contribution >= 4 is 16.9 Å². The van der Waals surface area contributed by atoms with Crippen molar-refractivity contribution in [3.63, 3.8) is 0 Å². The minimum Gasteiger partial charge on any atom is -0.352 e. The molecule has 3 rings (SSSR count). The number of rotatable bonds is 5. The van der Waals surface area contributed by atoms with Crippen LogP contribution in [-0.2, 0) is 17.9 Å². The predicted octanol–water partition coefficient (Wildman–Crippen LogP) is 1.42. The summed E-state index contributed by atoms with van der Waals surface area (Å²) in [6.07, 6.45) is 1.58. The largest absolute Gasteiger partial charge is 0.352 e. The zero-order valence-corrected chi connectivity index (χ0v) is 11.7. The Morgan fingerprint density at radius 2 is 2.30 bits per heavy atom. The van der Waals surface area contributed by atoms with Gasteiger partial charge in [0.1, 0.15) is 5.82 Å². The Morgan fingerprint density at radius 3 is 3.05 bits per heavy atom. The van der Waals surface area contributed by atoms with Gasteiger partial charge in [0, 0.05) is 25.6 Å². The van der Waals surface area contributed by atoms with Crippen molar-refractivity contribution in [2.75, 3.05) is 6.54 Å². The Labute approximate surface area is 118 Å². The molecule has 0 saturated carbocycles. The molecule has 5 heteroatoms. The smallest absolute Gasteiger partial charge is 0.220 e.